The molecular weight excluding hydrogens is 476 g/mol. The van der Waals surface area contributed by atoms with Gasteiger partial charge in [-0.25, -0.2) is 4.79 Å². The highest BCUT2D eigenvalue weighted by molar-refractivity contribution is 5.93. The van der Waals surface area contributed by atoms with E-state index in [0.717, 1.165) is 55.7 Å². The maximum absolute atomic E-state index is 13.3. The van der Waals surface area contributed by atoms with Gasteiger partial charge in [0.25, 0.3) is 0 Å². The summed E-state index contributed by atoms with van der Waals surface area (Å²) in [7, 11) is 1.49. The van der Waals surface area contributed by atoms with Gasteiger partial charge in [0.15, 0.2) is 0 Å². The molecule has 4 aliphatic rings. The van der Waals surface area contributed by atoms with Gasteiger partial charge in [-0.2, -0.15) is 0 Å². The molecule has 1 saturated carbocycles. The predicted molar refractivity (Wildman–Crippen MR) is 146 cm³/mol. The number of carbonyl (C=O) groups excluding carboxylic acids is 2. The van der Waals surface area contributed by atoms with Crippen LogP contribution in [0.4, 0.5) is 5.69 Å². The van der Waals surface area contributed by atoms with E-state index < -0.39 is 0 Å². The van der Waals surface area contributed by atoms with E-state index in [-0.39, 0.29) is 29.3 Å². The zero-order valence-electron chi connectivity index (χ0n) is 22.4. The van der Waals surface area contributed by atoms with E-state index in [1.54, 1.807) is 0 Å². The summed E-state index contributed by atoms with van der Waals surface area (Å²) < 4.78 is 11.0. The molecule has 0 bridgehead atoms. The van der Waals surface area contributed by atoms with Crippen LogP contribution in [0.1, 0.15) is 56.6 Å². The van der Waals surface area contributed by atoms with Crippen LogP contribution >= 0.6 is 0 Å². The van der Waals surface area contributed by atoms with Crippen molar-refractivity contribution < 1.29 is 19.1 Å². The Morgan fingerprint density at radius 2 is 1.79 bits per heavy atom. The van der Waals surface area contributed by atoms with Gasteiger partial charge in [-0.3, -0.25) is 9.69 Å². The Bertz CT molecular complexity index is 1240. The van der Waals surface area contributed by atoms with Crippen LogP contribution in [-0.4, -0.2) is 43.1 Å². The molecule has 2 aliphatic carbocycles. The van der Waals surface area contributed by atoms with Crippen molar-refractivity contribution in [2.24, 2.45) is 17.8 Å². The van der Waals surface area contributed by atoms with Gasteiger partial charge in [0.2, 0.25) is 0 Å². The Balaban J connectivity index is 1.48. The third kappa shape index (κ3) is 4.14. The van der Waals surface area contributed by atoms with Crippen LogP contribution in [0, 0.1) is 17.8 Å². The van der Waals surface area contributed by atoms with Gasteiger partial charge in [0.05, 0.1) is 24.7 Å². The van der Waals surface area contributed by atoms with Gasteiger partial charge in [0.1, 0.15) is 0 Å². The van der Waals surface area contributed by atoms with Crippen LogP contribution < -0.4 is 5.32 Å². The fourth-order valence-corrected chi connectivity index (χ4v) is 8.20. The van der Waals surface area contributed by atoms with E-state index in [2.05, 4.69) is 64.8 Å². The highest BCUT2D eigenvalue weighted by atomic mass is 16.5. The molecule has 2 aliphatic heterocycles. The topological polar surface area (TPSA) is 67.9 Å². The Hall–Kier alpha value is -3.12. The zero-order chi connectivity index (χ0) is 26.3. The highest BCUT2D eigenvalue weighted by Crippen LogP contribution is 2.61. The fraction of sp³-hybridized carbons (Fsp3) is 0.500. The monoisotopic (exact) mass is 514 g/mol. The second-order valence-corrected chi connectivity index (χ2v) is 11.5. The number of nitrogens with zero attached hydrogens (tertiary/aromatic N) is 1. The Morgan fingerprint density at radius 3 is 2.58 bits per heavy atom. The molecule has 0 aromatic heterocycles. The average Bonchev–Trinajstić information content (AvgIpc) is 3.49. The van der Waals surface area contributed by atoms with Gasteiger partial charge in [-0.15, -0.1) is 0 Å². The van der Waals surface area contributed by atoms with Gasteiger partial charge in [-0.05, 0) is 60.6 Å². The molecule has 6 heteroatoms. The van der Waals surface area contributed by atoms with E-state index in [9.17, 15) is 9.59 Å². The summed E-state index contributed by atoms with van der Waals surface area (Å²) in [6, 6.07) is 19.5. The maximum atomic E-state index is 13.3. The number of benzene rings is 2. The van der Waals surface area contributed by atoms with Gasteiger partial charge in [0, 0.05) is 37.4 Å². The number of carbonyl (C=O) groups is 2. The van der Waals surface area contributed by atoms with Crippen molar-refractivity contribution in [3.05, 3.63) is 77.0 Å². The second-order valence-electron chi connectivity index (χ2n) is 11.5. The van der Waals surface area contributed by atoms with Gasteiger partial charge < -0.3 is 14.8 Å². The van der Waals surface area contributed by atoms with E-state index in [4.69, 9.17) is 9.47 Å². The number of hydrogen-bond acceptors (Lipinski definition) is 6. The highest BCUT2D eigenvalue weighted by Gasteiger charge is 2.62. The van der Waals surface area contributed by atoms with Crippen LogP contribution in [0.25, 0.3) is 0 Å². The Labute approximate surface area is 225 Å². The number of nitrogens with one attached hydrogen (secondary N) is 1. The predicted octanol–water partition coefficient (Wildman–Crippen LogP) is 5.44. The number of para-hydroxylation sites is 1. The van der Waals surface area contributed by atoms with Gasteiger partial charge >= 0.3 is 11.9 Å². The molecule has 2 aromatic rings. The van der Waals surface area contributed by atoms with Crippen molar-refractivity contribution in [1.82, 2.24) is 4.90 Å². The number of rotatable bonds is 6. The van der Waals surface area contributed by atoms with Crippen molar-refractivity contribution in [2.45, 2.75) is 63.5 Å². The van der Waals surface area contributed by atoms with E-state index in [1.807, 2.05) is 0 Å². The number of fused-ring (bicyclic) bond motifs is 1. The molecule has 5 atom stereocenters. The quantitative estimate of drug-likeness (QED) is 0.518. The molecule has 1 N–H and O–H groups in total. The molecule has 200 valence electrons. The summed E-state index contributed by atoms with van der Waals surface area (Å²) in [5, 5.41) is 3.71. The molecule has 38 heavy (non-hydrogen) atoms. The summed E-state index contributed by atoms with van der Waals surface area (Å²) >= 11 is 0. The normalized spacial score (nSPS) is 30.2. The number of methoxy groups -OCH3 is 1. The third-order valence-corrected chi connectivity index (χ3v) is 9.63. The summed E-state index contributed by atoms with van der Waals surface area (Å²) in [6.07, 6.45) is 6.14. The number of anilines is 1. The molecular formula is C32H38N2O4. The summed E-state index contributed by atoms with van der Waals surface area (Å²) in [4.78, 5) is 27.8. The maximum Gasteiger partial charge on any atom is 0.335 e. The molecule has 0 radical (unpaired) electrons. The third-order valence-electron chi connectivity index (χ3n) is 9.63. The standard InChI is InChI=1S/C32H38N2O4/c1-21(35)38-20-23-12-6-7-13-24(23)25-18-26(31(36)37-2)29-32(27-14-8-9-15-28(27)33-29)16-17-34(30(25)32)19-22-10-4-3-5-11-22/h3-5,8-11,14-15,23-25,30,33H,6-7,12-13,16-20H2,1-2H3/t23-,24-,25-,30-,32-/m1/s1. The first-order chi connectivity index (χ1) is 18.5. The second kappa shape index (κ2) is 10.2. The minimum Gasteiger partial charge on any atom is -0.466 e. The van der Waals surface area contributed by atoms with Crippen molar-refractivity contribution >= 4 is 17.6 Å². The molecule has 1 saturated heterocycles. The van der Waals surface area contributed by atoms with Crippen LogP contribution in [0.2, 0.25) is 0 Å². The van der Waals surface area contributed by atoms with E-state index in [1.165, 1.54) is 31.6 Å². The number of esters is 2. The molecule has 6 rings (SSSR count). The Kier molecular flexibility index (Phi) is 6.77. The molecule has 2 aromatic carbocycles. The lowest BCUT2D eigenvalue weighted by atomic mass is 9.57. The van der Waals surface area contributed by atoms with Crippen molar-refractivity contribution in [1.29, 1.82) is 0 Å². The van der Waals surface area contributed by atoms with Crippen molar-refractivity contribution in [2.75, 3.05) is 25.6 Å². The van der Waals surface area contributed by atoms with Gasteiger partial charge in [-0.1, -0.05) is 61.4 Å². The van der Waals surface area contributed by atoms with Crippen LogP contribution in [-0.2, 0) is 31.0 Å². The van der Waals surface area contributed by atoms with Crippen LogP contribution in [0.5, 0.6) is 0 Å². The molecule has 2 fully saturated rings. The van der Waals surface area contributed by atoms with Crippen molar-refractivity contribution in [3.63, 3.8) is 0 Å². The lowest BCUT2D eigenvalue weighted by Crippen LogP contribution is -2.54. The fourth-order valence-electron chi connectivity index (χ4n) is 8.20. The summed E-state index contributed by atoms with van der Waals surface area (Å²) in [5.74, 6) is 0.492. The zero-order valence-corrected chi connectivity index (χ0v) is 22.4. The smallest absolute Gasteiger partial charge is 0.335 e. The lowest BCUT2D eigenvalue weighted by Gasteiger charge is -2.50. The first-order valence-corrected chi connectivity index (χ1v) is 14.1. The minimum absolute atomic E-state index is 0.215. The van der Waals surface area contributed by atoms with Crippen LogP contribution in [0.15, 0.2) is 65.9 Å². The lowest BCUT2D eigenvalue weighted by molar-refractivity contribution is -0.143. The first-order valence-electron chi connectivity index (χ1n) is 14.1. The number of hydrogen-bond donors (Lipinski definition) is 1. The molecule has 0 unspecified atom stereocenters. The molecule has 2 heterocycles. The van der Waals surface area contributed by atoms with Crippen LogP contribution in [0.3, 0.4) is 0 Å². The average molecular weight is 515 g/mol. The Morgan fingerprint density at radius 1 is 1.03 bits per heavy atom. The SMILES string of the molecule is COC(=O)C1=C2Nc3ccccc3[C@]23CCN(Cc2ccccc2)[C@@H]3[C@@H]([C@@H]2CCCC[C@@H]2COC(C)=O)C1. The molecule has 6 nitrogen and oxygen atoms in total. The molecule has 0 amide bonds. The number of likely N-dealkylation sites (tertiary alicyclic amines) is 1. The largest absolute Gasteiger partial charge is 0.466 e. The molecule has 1 spiro atoms. The summed E-state index contributed by atoms with van der Waals surface area (Å²) in [5.41, 5.74) is 5.29. The minimum atomic E-state index is -0.277. The summed E-state index contributed by atoms with van der Waals surface area (Å²) in [6.45, 7) is 3.81. The first kappa shape index (κ1) is 25.2. The van der Waals surface area contributed by atoms with E-state index in [0.29, 0.717) is 24.9 Å². The van der Waals surface area contributed by atoms with Crippen molar-refractivity contribution in [3.8, 4) is 0 Å². The number of ether oxygens (including phenoxy) is 2. The van der Waals surface area contributed by atoms with E-state index >= 15 is 0 Å².